The molecule has 144 valence electrons. The molecule has 0 radical (unpaired) electrons. The van der Waals surface area contributed by atoms with Crippen LogP contribution in [0.3, 0.4) is 0 Å². The lowest BCUT2D eigenvalue weighted by Gasteiger charge is -2.14. The third kappa shape index (κ3) is 4.82. The van der Waals surface area contributed by atoms with Gasteiger partial charge in [0.25, 0.3) is 10.0 Å². The number of anilines is 1. The van der Waals surface area contributed by atoms with E-state index in [0.717, 1.165) is 19.2 Å². The number of carbonyl (C=O) groups is 2. The van der Waals surface area contributed by atoms with E-state index >= 15 is 0 Å². The number of aryl methyl sites for hydroxylation is 1. The minimum atomic E-state index is -4.15. The molecular weight excluding hydrogens is 377 g/mol. The van der Waals surface area contributed by atoms with Crippen LogP contribution in [0.15, 0.2) is 47.4 Å². The van der Waals surface area contributed by atoms with Crippen molar-refractivity contribution in [3.8, 4) is 0 Å². The molecule has 0 saturated heterocycles. The van der Waals surface area contributed by atoms with E-state index in [9.17, 15) is 22.4 Å². The molecule has 27 heavy (non-hydrogen) atoms. The van der Waals surface area contributed by atoms with E-state index in [4.69, 9.17) is 4.74 Å². The third-order valence-corrected chi connectivity index (χ3v) is 5.04. The Balaban J connectivity index is 2.32. The maximum absolute atomic E-state index is 13.7. The molecule has 0 unspecified atom stereocenters. The van der Waals surface area contributed by atoms with Crippen molar-refractivity contribution in [1.82, 2.24) is 0 Å². The van der Waals surface area contributed by atoms with E-state index in [1.165, 1.54) is 37.3 Å². The fraction of sp³-hybridized carbons (Fsp3) is 0.222. The molecule has 1 atom stereocenters. The number of carbonyl (C=O) groups excluding carboxylic acids is 2. The number of benzene rings is 2. The van der Waals surface area contributed by atoms with Gasteiger partial charge in [-0.1, -0.05) is 18.2 Å². The summed E-state index contributed by atoms with van der Waals surface area (Å²) < 4.78 is 50.3. The maximum Gasteiger partial charge on any atom is 0.346 e. The normalized spacial score (nSPS) is 12.1. The lowest BCUT2D eigenvalue weighted by atomic mass is 10.1. The van der Waals surface area contributed by atoms with Gasteiger partial charge in [-0.2, -0.15) is 0 Å². The van der Waals surface area contributed by atoms with Crippen molar-refractivity contribution >= 4 is 27.6 Å². The molecule has 0 aliphatic rings. The number of esters is 2. The van der Waals surface area contributed by atoms with Gasteiger partial charge >= 0.3 is 11.9 Å². The fourth-order valence-electron chi connectivity index (χ4n) is 2.17. The van der Waals surface area contributed by atoms with E-state index in [-0.39, 0.29) is 16.1 Å². The Morgan fingerprint density at radius 3 is 2.44 bits per heavy atom. The summed E-state index contributed by atoms with van der Waals surface area (Å²) >= 11 is 0. The number of methoxy groups -OCH3 is 1. The van der Waals surface area contributed by atoms with Gasteiger partial charge in [0, 0.05) is 0 Å². The fourth-order valence-corrected chi connectivity index (χ4v) is 3.27. The molecule has 7 nitrogen and oxygen atoms in total. The average molecular weight is 395 g/mol. The van der Waals surface area contributed by atoms with Gasteiger partial charge in [0.15, 0.2) is 6.10 Å². The predicted octanol–water partition coefficient (Wildman–Crippen LogP) is 2.65. The van der Waals surface area contributed by atoms with E-state index < -0.39 is 33.9 Å². The number of sulfonamides is 1. The first-order chi connectivity index (χ1) is 12.7. The minimum absolute atomic E-state index is 0.0397. The molecule has 0 aliphatic carbocycles. The molecule has 0 spiro atoms. The van der Waals surface area contributed by atoms with E-state index in [0.29, 0.717) is 5.56 Å². The van der Waals surface area contributed by atoms with Gasteiger partial charge in [-0.25, -0.2) is 22.4 Å². The van der Waals surface area contributed by atoms with E-state index in [2.05, 4.69) is 9.46 Å². The Kier molecular flexibility index (Phi) is 6.17. The second-order valence-electron chi connectivity index (χ2n) is 5.63. The quantitative estimate of drug-likeness (QED) is 0.755. The van der Waals surface area contributed by atoms with E-state index in [1.807, 2.05) is 0 Å². The van der Waals surface area contributed by atoms with Crippen LogP contribution in [0.5, 0.6) is 0 Å². The molecule has 0 bridgehead atoms. The SMILES string of the molecule is COC(=O)[C@H](C)OC(=O)c1cc(S(=O)(=O)Nc2ccccc2F)ccc1C. The summed E-state index contributed by atoms with van der Waals surface area (Å²) in [5.41, 5.74) is 0.186. The molecule has 2 aromatic carbocycles. The molecule has 2 rings (SSSR count). The van der Waals surface area contributed by atoms with Crippen LogP contribution in [0.4, 0.5) is 10.1 Å². The molecule has 0 aromatic heterocycles. The highest BCUT2D eigenvalue weighted by atomic mass is 32.2. The first-order valence-electron chi connectivity index (χ1n) is 7.82. The number of hydrogen-bond donors (Lipinski definition) is 1. The summed E-state index contributed by atoms with van der Waals surface area (Å²) in [7, 11) is -3.00. The van der Waals surface area contributed by atoms with Gasteiger partial charge in [0.1, 0.15) is 5.82 Å². The van der Waals surface area contributed by atoms with Crippen LogP contribution in [-0.2, 0) is 24.3 Å². The predicted molar refractivity (Wildman–Crippen MR) is 95.3 cm³/mol. The van der Waals surface area contributed by atoms with Crippen LogP contribution in [0.25, 0.3) is 0 Å². The van der Waals surface area contributed by atoms with Crippen LogP contribution >= 0.6 is 0 Å². The van der Waals surface area contributed by atoms with Crippen molar-refractivity contribution in [3.05, 3.63) is 59.4 Å². The van der Waals surface area contributed by atoms with Gasteiger partial charge in [-0.05, 0) is 43.7 Å². The van der Waals surface area contributed by atoms with Crippen molar-refractivity contribution < 1.29 is 31.9 Å². The van der Waals surface area contributed by atoms with Gasteiger partial charge in [-0.3, -0.25) is 4.72 Å². The van der Waals surface area contributed by atoms with Gasteiger partial charge in [0.05, 0.1) is 23.3 Å². The monoisotopic (exact) mass is 395 g/mol. The number of halogens is 1. The standard InChI is InChI=1S/C18H18FNO6S/c1-11-8-9-13(10-14(11)18(22)26-12(2)17(21)25-3)27(23,24)20-16-7-5-4-6-15(16)19/h4-10,12,20H,1-3H3/t12-/m0/s1. The summed E-state index contributed by atoms with van der Waals surface area (Å²) in [4.78, 5) is 23.4. The van der Waals surface area contributed by atoms with Crippen LogP contribution in [0, 0.1) is 12.7 Å². The smallest absolute Gasteiger partial charge is 0.346 e. The highest BCUT2D eigenvalue weighted by Gasteiger charge is 2.23. The zero-order valence-electron chi connectivity index (χ0n) is 14.9. The molecule has 2 aromatic rings. The Morgan fingerprint density at radius 2 is 1.81 bits per heavy atom. The molecule has 0 aliphatic heterocycles. The van der Waals surface area contributed by atoms with Crippen molar-refractivity contribution in [1.29, 1.82) is 0 Å². The zero-order chi connectivity index (χ0) is 20.2. The molecule has 9 heteroatoms. The van der Waals surface area contributed by atoms with Crippen LogP contribution in [0.1, 0.15) is 22.8 Å². The van der Waals surface area contributed by atoms with Gasteiger partial charge < -0.3 is 9.47 Å². The summed E-state index contributed by atoms with van der Waals surface area (Å²) in [6.07, 6.45) is -1.15. The average Bonchev–Trinajstić information content (AvgIpc) is 2.62. The van der Waals surface area contributed by atoms with Crippen LogP contribution in [-0.4, -0.2) is 33.6 Å². The lowest BCUT2D eigenvalue weighted by molar-refractivity contribution is -0.149. The number of ether oxygens (including phenoxy) is 2. The van der Waals surface area contributed by atoms with Crippen LogP contribution in [0.2, 0.25) is 0 Å². The summed E-state index contributed by atoms with van der Waals surface area (Å²) in [5, 5.41) is 0. The number of nitrogens with one attached hydrogen (secondary N) is 1. The Hall–Kier alpha value is -2.94. The topological polar surface area (TPSA) is 98.8 Å². The first-order valence-corrected chi connectivity index (χ1v) is 9.31. The molecule has 0 saturated carbocycles. The zero-order valence-corrected chi connectivity index (χ0v) is 15.7. The number of para-hydroxylation sites is 1. The summed E-state index contributed by atoms with van der Waals surface area (Å²) in [6.45, 7) is 2.92. The molecular formula is C18H18FNO6S. The number of hydrogen-bond acceptors (Lipinski definition) is 6. The second-order valence-corrected chi connectivity index (χ2v) is 7.32. The van der Waals surface area contributed by atoms with Crippen LogP contribution < -0.4 is 4.72 Å². The largest absolute Gasteiger partial charge is 0.466 e. The Bertz CT molecular complexity index is 974. The first kappa shape index (κ1) is 20.4. The number of rotatable bonds is 6. The summed E-state index contributed by atoms with van der Waals surface area (Å²) in [5.74, 6) is -2.36. The highest BCUT2D eigenvalue weighted by Crippen LogP contribution is 2.22. The lowest BCUT2D eigenvalue weighted by Crippen LogP contribution is -2.26. The Morgan fingerprint density at radius 1 is 1.15 bits per heavy atom. The molecule has 1 N–H and O–H groups in total. The summed E-state index contributed by atoms with van der Waals surface area (Å²) in [6, 6.07) is 9.08. The van der Waals surface area contributed by atoms with Crippen molar-refractivity contribution in [3.63, 3.8) is 0 Å². The minimum Gasteiger partial charge on any atom is -0.466 e. The third-order valence-electron chi connectivity index (χ3n) is 3.67. The Labute approximate surface area is 156 Å². The maximum atomic E-state index is 13.7. The van der Waals surface area contributed by atoms with Crippen molar-refractivity contribution in [2.24, 2.45) is 0 Å². The molecule has 0 heterocycles. The van der Waals surface area contributed by atoms with Gasteiger partial charge in [-0.15, -0.1) is 0 Å². The van der Waals surface area contributed by atoms with E-state index in [1.54, 1.807) is 6.92 Å². The highest BCUT2D eigenvalue weighted by molar-refractivity contribution is 7.92. The van der Waals surface area contributed by atoms with Gasteiger partial charge in [0.2, 0.25) is 0 Å². The van der Waals surface area contributed by atoms with Crippen molar-refractivity contribution in [2.45, 2.75) is 24.8 Å². The van der Waals surface area contributed by atoms with Crippen molar-refractivity contribution in [2.75, 3.05) is 11.8 Å². The molecule has 0 fully saturated rings. The molecule has 0 amide bonds. The second kappa shape index (κ2) is 8.17.